The van der Waals surface area contributed by atoms with Crippen molar-refractivity contribution in [3.8, 4) is 11.5 Å². The van der Waals surface area contributed by atoms with Gasteiger partial charge in [-0.05, 0) is 98.1 Å². The van der Waals surface area contributed by atoms with Gasteiger partial charge in [-0.3, -0.25) is 0 Å². The highest BCUT2D eigenvalue weighted by molar-refractivity contribution is 6.42. The Kier molecular flexibility index (Phi) is 6.37. The zero-order valence-corrected chi connectivity index (χ0v) is 19.6. The molecule has 6 rings (SSSR count). The van der Waals surface area contributed by atoms with Crippen molar-refractivity contribution < 1.29 is 9.47 Å². The molecular formula is C26H31Cl2NO2. The first-order chi connectivity index (χ1) is 15.1. The second-order valence-corrected chi connectivity index (χ2v) is 10.4. The highest BCUT2D eigenvalue weighted by atomic mass is 35.5. The van der Waals surface area contributed by atoms with Crippen molar-refractivity contribution in [3.63, 3.8) is 0 Å². The van der Waals surface area contributed by atoms with Gasteiger partial charge in [-0.15, -0.1) is 0 Å². The Morgan fingerprint density at radius 3 is 2.19 bits per heavy atom. The Balaban J connectivity index is 1.23. The Morgan fingerprint density at radius 2 is 1.52 bits per heavy atom. The summed E-state index contributed by atoms with van der Waals surface area (Å²) < 4.78 is 11.9. The molecule has 0 saturated heterocycles. The fourth-order valence-corrected chi connectivity index (χ4v) is 6.66. The minimum absolute atomic E-state index is 0.419. The lowest BCUT2D eigenvalue weighted by atomic mass is 9.54. The third kappa shape index (κ3) is 4.69. The molecule has 0 unspecified atom stereocenters. The molecule has 2 aromatic carbocycles. The largest absolute Gasteiger partial charge is 0.490 e. The molecule has 0 heterocycles. The lowest BCUT2D eigenvalue weighted by Gasteiger charge is -2.54. The summed E-state index contributed by atoms with van der Waals surface area (Å²) in [6.45, 7) is 3.92. The van der Waals surface area contributed by atoms with E-state index in [0.717, 1.165) is 47.3 Å². The molecule has 4 bridgehead atoms. The van der Waals surface area contributed by atoms with Gasteiger partial charge in [0.1, 0.15) is 6.61 Å². The van der Waals surface area contributed by atoms with Crippen molar-refractivity contribution in [1.82, 2.24) is 5.32 Å². The molecule has 1 N–H and O–H groups in total. The van der Waals surface area contributed by atoms with Crippen LogP contribution in [0.3, 0.4) is 0 Å². The number of ether oxygens (including phenoxy) is 2. The third-order valence-electron chi connectivity index (χ3n) is 7.45. The Hall–Kier alpha value is -1.42. The van der Waals surface area contributed by atoms with Crippen LogP contribution in [0.1, 0.15) is 50.2 Å². The van der Waals surface area contributed by atoms with E-state index in [1.807, 2.05) is 25.1 Å². The van der Waals surface area contributed by atoms with Crippen LogP contribution in [0.25, 0.3) is 0 Å². The van der Waals surface area contributed by atoms with E-state index >= 15 is 0 Å². The van der Waals surface area contributed by atoms with E-state index in [-0.39, 0.29) is 0 Å². The van der Waals surface area contributed by atoms with Gasteiger partial charge in [0.05, 0.1) is 16.7 Å². The molecular weight excluding hydrogens is 429 g/mol. The standard InChI is InChI=1S/C26H31Cl2NO2/c1-2-30-25-13-16(4-6-24(25)31-15-17-3-5-22(27)23(28)12-17)14-29-26-20-8-18-7-19(10-20)11-21(26)9-18/h3-6,12-13,18-21,26,29H,2,7-11,14-15H2,1H3. The number of rotatable bonds is 8. The lowest BCUT2D eigenvalue weighted by Crippen LogP contribution is -2.54. The van der Waals surface area contributed by atoms with E-state index in [9.17, 15) is 0 Å². The van der Waals surface area contributed by atoms with Crippen LogP contribution in [0.4, 0.5) is 0 Å². The monoisotopic (exact) mass is 459 g/mol. The molecule has 166 valence electrons. The van der Waals surface area contributed by atoms with Crippen molar-refractivity contribution in [2.75, 3.05) is 6.61 Å². The summed E-state index contributed by atoms with van der Waals surface area (Å²) in [5.74, 6) is 5.35. The predicted molar refractivity (Wildman–Crippen MR) is 126 cm³/mol. The van der Waals surface area contributed by atoms with Crippen LogP contribution in [-0.2, 0) is 13.2 Å². The molecule has 5 heteroatoms. The maximum absolute atomic E-state index is 6.12. The van der Waals surface area contributed by atoms with Crippen molar-refractivity contribution >= 4 is 23.2 Å². The van der Waals surface area contributed by atoms with E-state index in [0.29, 0.717) is 29.3 Å². The SMILES string of the molecule is CCOc1cc(CNC2C3CC4CC(C3)CC2C4)ccc1OCc1ccc(Cl)c(Cl)c1. The molecule has 4 saturated carbocycles. The molecule has 4 aliphatic carbocycles. The Bertz CT molecular complexity index is 904. The fourth-order valence-electron chi connectivity index (χ4n) is 6.33. The van der Waals surface area contributed by atoms with Crippen LogP contribution in [0.2, 0.25) is 10.0 Å². The van der Waals surface area contributed by atoms with E-state index in [1.165, 1.54) is 37.7 Å². The minimum atomic E-state index is 0.419. The second-order valence-electron chi connectivity index (χ2n) is 9.59. The molecule has 2 aromatic rings. The van der Waals surface area contributed by atoms with Crippen molar-refractivity contribution in [2.45, 2.75) is 58.2 Å². The summed E-state index contributed by atoms with van der Waals surface area (Å²) in [6, 6.07) is 12.5. The Labute approximate surface area is 195 Å². The molecule has 3 nitrogen and oxygen atoms in total. The molecule has 0 atom stereocenters. The molecule has 4 aliphatic rings. The highest BCUT2D eigenvalue weighted by Gasteiger charge is 2.47. The summed E-state index contributed by atoms with van der Waals surface area (Å²) in [4.78, 5) is 0. The molecule has 4 fully saturated rings. The summed E-state index contributed by atoms with van der Waals surface area (Å²) in [5.41, 5.74) is 2.23. The normalized spacial score (nSPS) is 28.7. The molecule has 0 aromatic heterocycles. The maximum atomic E-state index is 6.12. The number of nitrogens with one attached hydrogen (secondary N) is 1. The highest BCUT2D eigenvalue weighted by Crippen LogP contribution is 2.53. The van der Waals surface area contributed by atoms with Crippen molar-refractivity contribution in [3.05, 3.63) is 57.6 Å². The van der Waals surface area contributed by atoms with Gasteiger partial charge in [0.2, 0.25) is 0 Å². The van der Waals surface area contributed by atoms with Crippen LogP contribution in [0.5, 0.6) is 11.5 Å². The topological polar surface area (TPSA) is 30.5 Å². The molecule has 0 radical (unpaired) electrons. The van der Waals surface area contributed by atoms with Gasteiger partial charge in [-0.1, -0.05) is 35.3 Å². The van der Waals surface area contributed by atoms with Gasteiger partial charge < -0.3 is 14.8 Å². The van der Waals surface area contributed by atoms with E-state index in [2.05, 4.69) is 17.4 Å². The van der Waals surface area contributed by atoms with Gasteiger partial charge >= 0.3 is 0 Å². The number of hydrogen-bond acceptors (Lipinski definition) is 3. The molecule has 0 amide bonds. The summed E-state index contributed by atoms with van der Waals surface area (Å²) >= 11 is 12.1. The van der Waals surface area contributed by atoms with Crippen LogP contribution < -0.4 is 14.8 Å². The first-order valence-corrected chi connectivity index (χ1v) is 12.4. The van der Waals surface area contributed by atoms with Crippen LogP contribution >= 0.6 is 23.2 Å². The average molecular weight is 460 g/mol. The van der Waals surface area contributed by atoms with Gasteiger partial charge in [0.15, 0.2) is 11.5 Å². The van der Waals surface area contributed by atoms with Gasteiger partial charge in [-0.2, -0.15) is 0 Å². The smallest absolute Gasteiger partial charge is 0.161 e. The van der Waals surface area contributed by atoms with Crippen LogP contribution in [0, 0.1) is 23.7 Å². The maximum Gasteiger partial charge on any atom is 0.161 e. The van der Waals surface area contributed by atoms with E-state index < -0.39 is 0 Å². The first kappa shape index (κ1) is 21.4. The first-order valence-electron chi connectivity index (χ1n) is 11.6. The molecule has 0 spiro atoms. The minimum Gasteiger partial charge on any atom is -0.490 e. The third-order valence-corrected chi connectivity index (χ3v) is 8.19. The summed E-state index contributed by atoms with van der Waals surface area (Å²) in [7, 11) is 0. The predicted octanol–water partition coefficient (Wildman–Crippen LogP) is 6.89. The van der Waals surface area contributed by atoms with Crippen molar-refractivity contribution in [1.29, 1.82) is 0 Å². The van der Waals surface area contributed by atoms with Crippen LogP contribution in [0.15, 0.2) is 36.4 Å². The van der Waals surface area contributed by atoms with Gasteiger partial charge in [0, 0.05) is 12.6 Å². The van der Waals surface area contributed by atoms with E-state index in [1.54, 1.807) is 6.07 Å². The molecule has 0 aliphatic heterocycles. The van der Waals surface area contributed by atoms with Gasteiger partial charge in [-0.25, -0.2) is 0 Å². The van der Waals surface area contributed by atoms with Crippen molar-refractivity contribution in [2.24, 2.45) is 23.7 Å². The quantitative estimate of drug-likeness (QED) is 0.466. The second kappa shape index (κ2) is 9.21. The zero-order valence-electron chi connectivity index (χ0n) is 18.1. The number of halogens is 2. The Morgan fingerprint density at radius 1 is 0.806 bits per heavy atom. The van der Waals surface area contributed by atoms with Gasteiger partial charge in [0.25, 0.3) is 0 Å². The summed E-state index contributed by atoms with van der Waals surface area (Å²) in [6.07, 6.45) is 7.26. The summed E-state index contributed by atoms with van der Waals surface area (Å²) in [5, 5.41) is 5.01. The zero-order chi connectivity index (χ0) is 21.4. The van der Waals surface area contributed by atoms with Crippen LogP contribution in [-0.4, -0.2) is 12.6 Å². The molecule has 31 heavy (non-hydrogen) atoms. The fraction of sp³-hybridized carbons (Fsp3) is 0.538. The lowest BCUT2D eigenvalue weighted by molar-refractivity contribution is -0.0142. The number of benzene rings is 2. The average Bonchev–Trinajstić information content (AvgIpc) is 2.75. The number of hydrogen-bond donors (Lipinski definition) is 1. The van der Waals surface area contributed by atoms with E-state index in [4.69, 9.17) is 32.7 Å².